The van der Waals surface area contributed by atoms with Gasteiger partial charge in [-0.3, -0.25) is 4.79 Å². The molecular formula is C17H24N2O. The average Bonchev–Trinajstić information content (AvgIpc) is 2.67. The van der Waals surface area contributed by atoms with Crippen LogP contribution in [0.4, 0.5) is 5.69 Å². The number of amides is 1. The smallest absolute Gasteiger partial charge is 0.231 e. The monoisotopic (exact) mass is 272 g/mol. The molecular weight excluding hydrogens is 248 g/mol. The van der Waals surface area contributed by atoms with Gasteiger partial charge in [0.1, 0.15) is 0 Å². The summed E-state index contributed by atoms with van der Waals surface area (Å²) in [4.78, 5) is 13.6. The Morgan fingerprint density at radius 2 is 2.20 bits per heavy atom. The van der Waals surface area contributed by atoms with Crippen LogP contribution in [0, 0.1) is 5.92 Å². The Balaban J connectivity index is 1.80. The molecule has 1 fully saturated rings. The second-order valence-electron chi connectivity index (χ2n) is 6.16. The van der Waals surface area contributed by atoms with Gasteiger partial charge in [-0.05, 0) is 36.1 Å². The van der Waals surface area contributed by atoms with E-state index in [0.717, 1.165) is 18.2 Å². The molecule has 0 spiro atoms. The summed E-state index contributed by atoms with van der Waals surface area (Å²) in [7, 11) is 1.87. The zero-order chi connectivity index (χ0) is 14.1. The van der Waals surface area contributed by atoms with Crippen molar-refractivity contribution >= 4 is 11.6 Å². The number of fused-ring (bicyclic) bond motifs is 1. The first kappa shape index (κ1) is 13.6. The fourth-order valence-corrected chi connectivity index (χ4v) is 3.35. The van der Waals surface area contributed by atoms with Crippen molar-refractivity contribution in [3.63, 3.8) is 0 Å². The molecule has 2 aliphatic rings. The van der Waals surface area contributed by atoms with Crippen LogP contribution in [-0.4, -0.2) is 19.5 Å². The third kappa shape index (κ3) is 2.47. The molecule has 3 heteroatoms. The second-order valence-corrected chi connectivity index (χ2v) is 6.16. The first-order valence-corrected chi connectivity index (χ1v) is 7.81. The number of carbonyl (C=O) groups is 1. The summed E-state index contributed by atoms with van der Waals surface area (Å²) in [5, 5.41) is 3.61. The van der Waals surface area contributed by atoms with Gasteiger partial charge in [0, 0.05) is 18.8 Å². The molecule has 0 aromatic heterocycles. The van der Waals surface area contributed by atoms with Crippen LogP contribution in [0.5, 0.6) is 0 Å². The Morgan fingerprint density at radius 1 is 1.40 bits per heavy atom. The van der Waals surface area contributed by atoms with Crippen molar-refractivity contribution in [1.29, 1.82) is 0 Å². The van der Waals surface area contributed by atoms with Crippen molar-refractivity contribution in [3.8, 4) is 0 Å². The minimum Gasteiger partial charge on any atom is -0.315 e. The molecule has 1 saturated carbocycles. The van der Waals surface area contributed by atoms with Crippen molar-refractivity contribution < 1.29 is 4.79 Å². The maximum atomic E-state index is 11.8. The fraction of sp³-hybridized carbons (Fsp3) is 0.588. The van der Waals surface area contributed by atoms with Gasteiger partial charge >= 0.3 is 0 Å². The van der Waals surface area contributed by atoms with E-state index in [0.29, 0.717) is 12.5 Å². The summed E-state index contributed by atoms with van der Waals surface area (Å²) in [5.41, 5.74) is 3.62. The number of carbonyl (C=O) groups excluding carboxylic acids is 1. The van der Waals surface area contributed by atoms with E-state index in [9.17, 15) is 4.79 Å². The molecule has 108 valence electrons. The highest BCUT2D eigenvalue weighted by Crippen LogP contribution is 2.36. The summed E-state index contributed by atoms with van der Waals surface area (Å²) >= 11 is 0. The number of anilines is 1. The van der Waals surface area contributed by atoms with E-state index < -0.39 is 0 Å². The zero-order valence-electron chi connectivity index (χ0n) is 12.5. The van der Waals surface area contributed by atoms with E-state index in [4.69, 9.17) is 0 Å². The number of hydrogen-bond donors (Lipinski definition) is 1. The van der Waals surface area contributed by atoms with Crippen LogP contribution >= 0.6 is 0 Å². The van der Waals surface area contributed by atoms with Crippen LogP contribution in [0.1, 0.15) is 49.8 Å². The molecule has 1 heterocycles. The minimum absolute atomic E-state index is 0.205. The first-order chi connectivity index (χ1) is 9.69. The van der Waals surface area contributed by atoms with Gasteiger partial charge in [-0.25, -0.2) is 0 Å². The number of nitrogens with one attached hydrogen (secondary N) is 1. The number of likely N-dealkylation sites (N-methyl/N-ethyl adjacent to an activating group) is 1. The van der Waals surface area contributed by atoms with Gasteiger partial charge in [-0.15, -0.1) is 0 Å². The highest BCUT2D eigenvalue weighted by atomic mass is 16.2. The second kappa shape index (κ2) is 5.57. The molecule has 3 nitrogen and oxygen atoms in total. The van der Waals surface area contributed by atoms with E-state index in [1.54, 1.807) is 4.90 Å². The molecule has 1 aromatic rings. The maximum Gasteiger partial charge on any atom is 0.231 e. The SMILES string of the molecule is CCNC(CC1CCC1)c1ccc2c(c1)CC(=O)N2C. The zero-order valence-corrected chi connectivity index (χ0v) is 12.5. The molecule has 0 bridgehead atoms. The molecule has 1 aromatic carbocycles. The predicted octanol–water partition coefficient (Wildman–Crippen LogP) is 3.05. The van der Waals surface area contributed by atoms with Gasteiger partial charge in [0.2, 0.25) is 5.91 Å². The number of nitrogens with zero attached hydrogens (tertiary/aromatic N) is 1. The quantitative estimate of drug-likeness (QED) is 0.893. The van der Waals surface area contributed by atoms with Crippen LogP contribution in [0.15, 0.2) is 18.2 Å². The summed E-state index contributed by atoms with van der Waals surface area (Å²) < 4.78 is 0. The molecule has 1 aliphatic carbocycles. The van der Waals surface area contributed by atoms with Crippen LogP contribution in [-0.2, 0) is 11.2 Å². The molecule has 0 radical (unpaired) electrons. The predicted molar refractivity (Wildman–Crippen MR) is 81.9 cm³/mol. The van der Waals surface area contributed by atoms with Crippen molar-refractivity contribution in [2.75, 3.05) is 18.5 Å². The molecule has 1 N–H and O–H groups in total. The van der Waals surface area contributed by atoms with E-state index >= 15 is 0 Å². The Labute approximate surface area is 121 Å². The maximum absolute atomic E-state index is 11.8. The highest BCUT2D eigenvalue weighted by molar-refractivity contribution is 6.00. The third-order valence-electron chi connectivity index (χ3n) is 4.83. The van der Waals surface area contributed by atoms with Crippen molar-refractivity contribution in [1.82, 2.24) is 5.32 Å². The van der Waals surface area contributed by atoms with E-state index in [2.05, 4.69) is 30.4 Å². The third-order valence-corrected chi connectivity index (χ3v) is 4.83. The van der Waals surface area contributed by atoms with Crippen LogP contribution in [0.25, 0.3) is 0 Å². The minimum atomic E-state index is 0.205. The summed E-state index contributed by atoms with van der Waals surface area (Å²) in [6, 6.07) is 6.99. The average molecular weight is 272 g/mol. The number of benzene rings is 1. The normalized spacial score (nSPS) is 19.9. The summed E-state index contributed by atoms with van der Waals surface area (Å²) in [6.45, 7) is 3.16. The van der Waals surface area contributed by atoms with Gasteiger partial charge in [0.05, 0.1) is 6.42 Å². The lowest BCUT2D eigenvalue weighted by molar-refractivity contribution is -0.117. The summed E-state index contributed by atoms with van der Waals surface area (Å²) in [6.07, 6.45) is 5.95. The molecule has 0 saturated heterocycles. The van der Waals surface area contributed by atoms with E-state index in [-0.39, 0.29) is 5.91 Å². The molecule has 1 atom stereocenters. The number of hydrogen-bond acceptors (Lipinski definition) is 2. The van der Waals surface area contributed by atoms with Crippen LogP contribution in [0.3, 0.4) is 0 Å². The molecule has 1 aliphatic heterocycles. The Morgan fingerprint density at radius 3 is 2.85 bits per heavy atom. The largest absolute Gasteiger partial charge is 0.315 e. The Bertz CT molecular complexity index is 508. The molecule has 1 unspecified atom stereocenters. The Kier molecular flexibility index (Phi) is 3.79. The van der Waals surface area contributed by atoms with E-state index in [1.165, 1.54) is 36.8 Å². The standard InChI is InChI=1S/C17H24N2O/c1-3-18-15(9-12-5-4-6-12)13-7-8-16-14(10-13)11-17(20)19(16)2/h7-8,10,12,15,18H,3-6,9,11H2,1-2H3. The lowest BCUT2D eigenvalue weighted by Gasteiger charge is -2.30. The van der Waals surface area contributed by atoms with Gasteiger partial charge in [0.25, 0.3) is 0 Å². The topological polar surface area (TPSA) is 32.3 Å². The summed E-state index contributed by atoms with van der Waals surface area (Å²) in [5.74, 6) is 1.09. The highest BCUT2D eigenvalue weighted by Gasteiger charge is 2.27. The Hall–Kier alpha value is -1.35. The van der Waals surface area contributed by atoms with Gasteiger partial charge < -0.3 is 10.2 Å². The van der Waals surface area contributed by atoms with E-state index in [1.807, 2.05) is 7.05 Å². The van der Waals surface area contributed by atoms with Crippen molar-refractivity contribution in [2.24, 2.45) is 5.92 Å². The van der Waals surface area contributed by atoms with Crippen LogP contribution < -0.4 is 10.2 Å². The molecule has 3 rings (SSSR count). The lowest BCUT2D eigenvalue weighted by Crippen LogP contribution is -2.26. The fourth-order valence-electron chi connectivity index (χ4n) is 3.35. The molecule has 20 heavy (non-hydrogen) atoms. The van der Waals surface area contributed by atoms with Gasteiger partial charge in [-0.2, -0.15) is 0 Å². The van der Waals surface area contributed by atoms with Gasteiger partial charge in [-0.1, -0.05) is 38.3 Å². The number of rotatable bonds is 5. The first-order valence-electron chi connectivity index (χ1n) is 7.81. The van der Waals surface area contributed by atoms with Crippen molar-refractivity contribution in [2.45, 2.75) is 45.1 Å². The van der Waals surface area contributed by atoms with Crippen LogP contribution in [0.2, 0.25) is 0 Å². The lowest BCUT2D eigenvalue weighted by atomic mass is 9.79. The van der Waals surface area contributed by atoms with Gasteiger partial charge in [0.15, 0.2) is 0 Å². The van der Waals surface area contributed by atoms with Crippen molar-refractivity contribution in [3.05, 3.63) is 29.3 Å². The molecule has 1 amide bonds.